The molecular formula is C4H4F3NOS. The van der Waals surface area contributed by atoms with E-state index in [-0.39, 0.29) is 6.61 Å². The number of thiocarbonyl (C=S) groups is 1. The van der Waals surface area contributed by atoms with Crippen LogP contribution in [0, 0.1) is 0 Å². The number of hydrogen-bond acceptors (Lipinski definition) is 3. The van der Waals surface area contributed by atoms with E-state index in [4.69, 9.17) is 0 Å². The van der Waals surface area contributed by atoms with Crippen LogP contribution in [0.2, 0.25) is 0 Å². The standard InChI is InChI=1S/C4H4F3NOS/c5-4(6)3(10)9-2-1-8(4)7/h1-2H2. The molecular weight excluding hydrogens is 167 g/mol. The Hall–Kier alpha value is -0.360. The fourth-order valence-electron chi connectivity index (χ4n) is 0.545. The Morgan fingerprint density at radius 1 is 1.60 bits per heavy atom. The van der Waals surface area contributed by atoms with E-state index in [1.54, 1.807) is 0 Å². The second-order valence-electron chi connectivity index (χ2n) is 1.76. The highest BCUT2D eigenvalue weighted by Gasteiger charge is 2.47. The van der Waals surface area contributed by atoms with Crippen LogP contribution in [-0.2, 0) is 4.74 Å². The third-order valence-electron chi connectivity index (χ3n) is 1.07. The average molecular weight is 171 g/mol. The average Bonchev–Trinajstić information content (AvgIpc) is 1.84. The van der Waals surface area contributed by atoms with Crippen molar-refractivity contribution in [3.8, 4) is 0 Å². The van der Waals surface area contributed by atoms with E-state index in [0.717, 1.165) is 0 Å². The Morgan fingerprint density at radius 3 is 2.60 bits per heavy atom. The van der Waals surface area contributed by atoms with Crippen molar-refractivity contribution in [2.75, 3.05) is 13.2 Å². The van der Waals surface area contributed by atoms with Crippen molar-refractivity contribution in [2.24, 2.45) is 0 Å². The summed E-state index contributed by atoms with van der Waals surface area (Å²) in [5.41, 5.74) is 0. The Bertz CT molecular complexity index is 163. The minimum Gasteiger partial charge on any atom is -0.479 e. The fourth-order valence-corrected chi connectivity index (χ4v) is 0.727. The monoisotopic (exact) mass is 171 g/mol. The van der Waals surface area contributed by atoms with Gasteiger partial charge in [0.1, 0.15) is 6.61 Å². The van der Waals surface area contributed by atoms with Gasteiger partial charge in [-0.1, -0.05) is 5.12 Å². The minimum atomic E-state index is -3.73. The maximum atomic E-state index is 12.3. The fraction of sp³-hybridized carbons (Fsp3) is 0.750. The first kappa shape index (κ1) is 7.74. The molecule has 0 aromatic heterocycles. The lowest BCUT2D eigenvalue weighted by molar-refractivity contribution is -0.215. The van der Waals surface area contributed by atoms with Crippen LogP contribution in [0.1, 0.15) is 0 Å². The molecule has 2 nitrogen and oxygen atoms in total. The highest BCUT2D eigenvalue weighted by molar-refractivity contribution is 7.80. The van der Waals surface area contributed by atoms with Crippen LogP contribution < -0.4 is 0 Å². The Morgan fingerprint density at radius 2 is 2.20 bits per heavy atom. The van der Waals surface area contributed by atoms with Gasteiger partial charge in [-0.05, 0) is 12.2 Å². The molecule has 0 aliphatic carbocycles. The quantitative estimate of drug-likeness (QED) is 0.308. The smallest absolute Gasteiger partial charge is 0.398 e. The summed E-state index contributed by atoms with van der Waals surface area (Å²) in [4.78, 5) is 0. The van der Waals surface area contributed by atoms with Crippen molar-refractivity contribution in [1.82, 2.24) is 5.12 Å². The van der Waals surface area contributed by atoms with Crippen LogP contribution in [-0.4, -0.2) is 29.4 Å². The van der Waals surface area contributed by atoms with Crippen LogP contribution in [0.15, 0.2) is 0 Å². The van der Waals surface area contributed by atoms with Gasteiger partial charge in [0.25, 0.3) is 0 Å². The van der Waals surface area contributed by atoms with Crippen molar-refractivity contribution in [3.05, 3.63) is 0 Å². The van der Waals surface area contributed by atoms with E-state index in [1.807, 2.05) is 0 Å². The number of morpholine rings is 1. The predicted octanol–water partition coefficient (Wildman–Crippen LogP) is 1.12. The summed E-state index contributed by atoms with van der Waals surface area (Å²) in [5.74, 6) is 0. The first-order chi connectivity index (χ1) is 4.55. The number of halogens is 3. The van der Waals surface area contributed by atoms with E-state index in [2.05, 4.69) is 17.0 Å². The molecule has 0 amide bonds. The molecule has 1 aliphatic heterocycles. The van der Waals surface area contributed by atoms with Gasteiger partial charge in [0.2, 0.25) is 5.05 Å². The van der Waals surface area contributed by atoms with Crippen molar-refractivity contribution in [1.29, 1.82) is 0 Å². The van der Waals surface area contributed by atoms with Gasteiger partial charge in [0, 0.05) is 0 Å². The number of alkyl halides is 2. The van der Waals surface area contributed by atoms with E-state index < -0.39 is 22.8 Å². The molecule has 1 fully saturated rings. The molecule has 58 valence electrons. The second-order valence-corrected chi connectivity index (χ2v) is 2.13. The molecule has 6 heteroatoms. The van der Waals surface area contributed by atoms with Gasteiger partial charge in [-0.2, -0.15) is 8.78 Å². The van der Waals surface area contributed by atoms with Gasteiger partial charge >= 0.3 is 6.05 Å². The predicted molar refractivity (Wildman–Crippen MR) is 31.3 cm³/mol. The van der Waals surface area contributed by atoms with E-state index >= 15 is 0 Å². The Balaban J connectivity index is 2.73. The van der Waals surface area contributed by atoms with Crippen molar-refractivity contribution < 1.29 is 18.0 Å². The Labute approximate surface area is 60.5 Å². The third-order valence-corrected chi connectivity index (χ3v) is 1.43. The molecule has 1 heterocycles. The van der Waals surface area contributed by atoms with Gasteiger partial charge in [-0.25, -0.2) is 0 Å². The second kappa shape index (κ2) is 2.35. The zero-order chi connectivity index (χ0) is 7.78. The molecule has 0 N–H and O–H groups in total. The first-order valence-corrected chi connectivity index (χ1v) is 2.94. The van der Waals surface area contributed by atoms with Crippen molar-refractivity contribution >= 4 is 17.3 Å². The van der Waals surface area contributed by atoms with Crippen LogP contribution in [0.25, 0.3) is 0 Å². The van der Waals surface area contributed by atoms with E-state index in [0.29, 0.717) is 0 Å². The zero-order valence-electron chi connectivity index (χ0n) is 4.81. The molecule has 0 aromatic carbocycles. The number of hydrogen-bond donors (Lipinski definition) is 0. The summed E-state index contributed by atoms with van der Waals surface area (Å²) in [6.07, 6.45) is 0. The summed E-state index contributed by atoms with van der Waals surface area (Å²) < 4.78 is 40.9. The highest BCUT2D eigenvalue weighted by atomic mass is 32.1. The summed E-state index contributed by atoms with van der Waals surface area (Å²) in [7, 11) is 0. The molecule has 0 unspecified atom stereocenters. The molecule has 0 aromatic rings. The molecule has 1 saturated heterocycles. The molecule has 0 spiro atoms. The normalized spacial score (nSPS) is 26.1. The van der Waals surface area contributed by atoms with Crippen LogP contribution in [0.4, 0.5) is 13.3 Å². The Kier molecular flexibility index (Phi) is 1.82. The molecule has 0 atom stereocenters. The minimum absolute atomic E-state index is 0.120. The summed E-state index contributed by atoms with van der Waals surface area (Å²) in [6.45, 7) is -0.571. The topological polar surface area (TPSA) is 12.5 Å². The highest BCUT2D eigenvalue weighted by Crippen LogP contribution is 2.25. The van der Waals surface area contributed by atoms with Gasteiger partial charge in [-0.15, -0.1) is 4.48 Å². The van der Waals surface area contributed by atoms with E-state index in [1.165, 1.54) is 0 Å². The summed E-state index contributed by atoms with van der Waals surface area (Å²) in [5, 5.41) is -1.62. The molecule has 0 bridgehead atoms. The molecule has 0 saturated carbocycles. The molecule has 0 radical (unpaired) electrons. The van der Waals surface area contributed by atoms with E-state index in [9.17, 15) is 13.3 Å². The maximum absolute atomic E-state index is 12.3. The zero-order valence-corrected chi connectivity index (χ0v) is 5.63. The molecule has 1 rings (SSSR count). The van der Waals surface area contributed by atoms with Gasteiger partial charge in [0.05, 0.1) is 6.54 Å². The lowest BCUT2D eigenvalue weighted by atomic mass is 10.5. The van der Waals surface area contributed by atoms with Gasteiger partial charge < -0.3 is 4.74 Å². The third kappa shape index (κ3) is 1.08. The van der Waals surface area contributed by atoms with Crippen LogP contribution in [0.5, 0.6) is 0 Å². The molecule has 10 heavy (non-hydrogen) atoms. The number of ether oxygens (including phenoxy) is 1. The largest absolute Gasteiger partial charge is 0.479 e. The van der Waals surface area contributed by atoms with Gasteiger partial charge in [-0.3, -0.25) is 0 Å². The first-order valence-electron chi connectivity index (χ1n) is 2.53. The lowest BCUT2D eigenvalue weighted by Crippen LogP contribution is -2.49. The number of rotatable bonds is 0. The summed E-state index contributed by atoms with van der Waals surface area (Å²) >= 11 is 4.06. The lowest BCUT2D eigenvalue weighted by Gasteiger charge is -2.27. The molecule has 1 aliphatic rings. The van der Waals surface area contributed by atoms with Crippen LogP contribution in [0.3, 0.4) is 0 Å². The maximum Gasteiger partial charge on any atom is 0.398 e. The van der Waals surface area contributed by atoms with Crippen LogP contribution >= 0.6 is 12.2 Å². The number of nitrogens with zero attached hydrogens (tertiary/aromatic N) is 1. The van der Waals surface area contributed by atoms with Gasteiger partial charge in [0.15, 0.2) is 0 Å². The summed E-state index contributed by atoms with van der Waals surface area (Å²) in [6, 6.07) is -3.73. The SMILES string of the molecule is FN1CCOC(=S)C1(F)F. The van der Waals surface area contributed by atoms with Crippen molar-refractivity contribution in [2.45, 2.75) is 6.05 Å². The van der Waals surface area contributed by atoms with Crippen molar-refractivity contribution in [3.63, 3.8) is 0 Å².